The fourth-order valence-electron chi connectivity index (χ4n) is 3.92. The topological polar surface area (TPSA) is 87.1 Å². The van der Waals surface area contributed by atoms with Crippen molar-refractivity contribution >= 4 is 17.4 Å². The number of aliphatic hydroxyl groups excluding tert-OH is 1. The molecule has 1 fully saturated rings. The van der Waals surface area contributed by atoms with Crippen molar-refractivity contribution in [3.05, 3.63) is 101 Å². The number of rotatable bonds is 7. The summed E-state index contributed by atoms with van der Waals surface area (Å²) < 4.78 is 18.9. The van der Waals surface area contributed by atoms with Crippen molar-refractivity contribution in [2.45, 2.75) is 25.9 Å². The lowest BCUT2D eigenvalue weighted by atomic mass is 9.95. The van der Waals surface area contributed by atoms with E-state index in [2.05, 4.69) is 0 Å². The Morgan fingerprint density at radius 2 is 1.62 bits per heavy atom. The van der Waals surface area contributed by atoms with Crippen LogP contribution in [-0.2, 0) is 16.1 Å². The highest BCUT2D eigenvalue weighted by molar-refractivity contribution is 6.46. The SMILES string of the molecule is CCCOc1ccc(/C(O)=C2/C(=O)C(=O)N(Cc3ccc(F)cc3)C2c2ccc(O)cc2)cc1. The number of carbonyl (C=O) groups is 2. The first kappa shape index (κ1) is 23.0. The van der Waals surface area contributed by atoms with E-state index < -0.39 is 23.5 Å². The molecule has 2 N–H and O–H groups in total. The molecule has 174 valence electrons. The van der Waals surface area contributed by atoms with E-state index in [0.717, 1.165) is 6.42 Å². The summed E-state index contributed by atoms with van der Waals surface area (Å²) in [7, 11) is 0. The highest BCUT2D eigenvalue weighted by Crippen LogP contribution is 2.40. The number of aromatic hydroxyl groups is 1. The number of benzene rings is 3. The molecule has 3 aromatic rings. The third-order valence-corrected chi connectivity index (χ3v) is 5.62. The second-order valence-electron chi connectivity index (χ2n) is 8.02. The Balaban J connectivity index is 1.77. The van der Waals surface area contributed by atoms with E-state index in [4.69, 9.17) is 4.74 Å². The number of carbonyl (C=O) groups excluding carboxylic acids is 2. The van der Waals surface area contributed by atoms with E-state index in [-0.39, 0.29) is 23.6 Å². The number of phenolic OH excluding ortho intramolecular Hbond substituents is 1. The zero-order valence-electron chi connectivity index (χ0n) is 18.6. The van der Waals surface area contributed by atoms with Crippen molar-refractivity contribution in [3.8, 4) is 11.5 Å². The quantitative estimate of drug-likeness (QED) is 0.296. The van der Waals surface area contributed by atoms with Crippen LogP contribution in [0.2, 0.25) is 0 Å². The second-order valence-corrected chi connectivity index (χ2v) is 8.02. The number of Topliss-reactive ketones (excluding diaryl/α,β-unsaturated/α-hetero) is 1. The Kier molecular flexibility index (Phi) is 6.63. The van der Waals surface area contributed by atoms with Crippen LogP contribution in [0, 0.1) is 5.82 Å². The molecule has 0 aliphatic carbocycles. The number of amides is 1. The van der Waals surface area contributed by atoms with E-state index in [1.165, 1.54) is 41.3 Å². The third-order valence-electron chi connectivity index (χ3n) is 5.62. The van der Waals surface area contributed by atoms with Gasteiger partial charge in [-0.15, -0.1) is 0 Å². The molecule has 1 saturated heterocycles. The Hall–Kier alpha value is -4.13. The molecule has 0 radical (unpaired) electrons. The Bertz CT molecular complexity index is 1220. The van der Waals surface area contributed by atoms with E-state index in [9.17, 15) is 24.2 Å². The summed E-state index contributed by atoms with van der Waals surface area (Å²) >= 11 is 0. The number of aliphatic hydroxyl groups is 1. The number of halogens is 1. The lowest BCUT2D eigenvalue weighted by Gasteiger charge is -2.25. The van der Waals surface area contributed by atoms with Gasteiger partial charge < -0.3 is 19.8 Å². The summed E-state index contributed by atoms with van der Waals surface area (Å²) in [6.45, 7) is 2.59. The zero-order valence-corrected chi connectivity index (χ0v) is 18.6. The number of hydrogen-bond donors (Lipinski definition) is 2. The largest absolute Gasteiger partial charge is 0.508 e. The van der Waals surface area contributed by atoms with Gasteiger partial charge in [0.05, 0.1) is 18.2 Å². The predicted octanol–water partition coefficient (Wildman–Crippen LogP) is 4.94. The van der Waals surface area contributed by atoms with Gasteiger partial charge in [-0.25, -0.2) is 4.39 Å². The summed E-state index contributed by atoms with van der Waals surface area (Å²) in [6, 6.07) is 17.5. The Morgan fingerprint density at radius 1 is 0.971 bits per heavy atom. The number of nitrogens with zero attached hydrogens (tertiary/aromatic N) is 1. The smallest absolute Gasteiger partial charge is 0.295 e. The number of hydrogen-bond acceptors (Lipinski definition) is 5. The van der Waals surface area contributed by atoms with Gasteiger partial charge in [-0.3, -0.25) is 9.59 Å². The molecule has 1 unspecified atom stereocenters. The van der Waals surface area contributed by atoms with Gasteiger partial charge in [0.2, 0.25) is 0 Å². The molecule has 0 aromatic heterocycles. The van der Waals surface area contributed by atoms with Gasteiger partial charge in [0, 0.05) is 12.1 Å². The first-order valence-electron chi connectivity index (χ1n) is 10.9. The van der Waals surface area contributed by atoms with Crippen LogP contribution in [-0.4, -0.2) is 33.4 Å². The van der Waals surface area contributed by atoms with Gasteiger partial charge in [-0.1, -0.05) is 31.2 Å². The number of phenols is 1. The summed E-state index contributed by atoms with van der Waals surface area (Å²) in [5, 5.41) is 20.8. The average Bonchev–Trinajstić information content (AvgIpc) is 3.09. The van der Waals surface area contributed by atoms with Crippen LogP contribution in [0.1, 0.15) is 36.1 Å². The van der Waals surface area contributed by atoms with Gasteiger partial charge in [-0.05, 0) is 66.1 Å². The van der Waals surface area contributed by atoms with E-state index >= 15 is 0 Å². The molecule has 1 amide bonds. The molecule has 1 atom stereocenters. The normalized spacial score (nSPS) is 17.2. The maximum Gasteiger partial charge on any atom is 0.295 e. The lowest BCUT2D eigenvalue weighted by Crippen LogP contribution is -2.29. The van der Waals surface area contributed by atoms with Crippen molar-refractivity contribution in [1.29, 1.82) is 0 Å². The summed E-state index contributed by atoms with van der Waals surface area (Å²) in [4.78, 5) is 27.5. The molecule has 3 aromatic carbocycles. The van der Waals surface area contributed by atoms with Crippen LogP contribution in [0.4, 0.5) is 4.39 Å². The van der Waals surface area contributed by atoms with Gasteiger partial charge in [0.25, 0.3) is 11.7 Å². The minimum Gasteiger partial charge on any atom is -0.508 e. The first-order chi connectivity index (χ1) is 16.4. The number of likely N-dealkylation sites (tertiary alicyclic amines) is 1. The third kappa shape index (κ3) is 4.64. The zero-order chi connectivity index (χ0) is 24.2. The second kappa shape index (κ2) is 9.79. The molecule has 34 heavy (non-hydrogen) atoms. The van der Waals surface area contributed by atoms with Crippen LogP contribution in [0.5, 0.6) is 11.5 Å². The molecule has 1 aliphatic heterocycles. The molecule has 0 saturated carbocycles. The monoisotopic (exact) mass is 461 g/mol. The van der Waals surface area contributed by atoms with Crippen LogP contribution in [0.3, 0.4) is 0 Å². The molecular formula is C27H24FNO5. The first-order valence-corrected chi connectivity index (χ1v) is 10.9. The summed E-state index contributed by atoms with van der Waals surface area (Å²) in [6.07, 6.45) is 0.853. The highest BCUT2D eigenvalue weighted by atomic mass is 19.1. The van der Waals surface area contributed by atoms with Crippen LogP contribution < -0.4 is 4.74 Å². The number of ketones is 1. The molecule has 0 spiro atoms. The molecule has 1 heterocycles. The standard InChI is InChI=1S/C27H24FNO5/c1-2-15-34-22-13-7-19(8-14-22)25(31)23-24(18-5-11-21(30)12-6-18)29(27(33)26(23)32)16-17-3-9-20(28)10-4-17/h3-14,24,30-31H,2,15-16H2,1H3/b25-23-. The fraction of sp³-hybridized carbons (Fsp3) is 0.185. The van der Waals surface area contributed by atoms with E-state index in [1.807, 2.05) is 6.92 Å². The predicted molar refractivity (Wildman–Crippen MR) is 125 cm³/mol. The highest BCUT2D eigenvalue weighted by Gasteiger charge is 2.46. The fourth-order valence-corrected chi connectivity index (χ4v) is 3.92. The summed E-state index contributed by atoms with van der Waals surface area (Å²) in [5.41, 5.74) is 1.49. The Morgan fingerprint density at radius 3 is 2.24 bits per heavy atom. The van der Waals surface area contributed by atoms with Crippen molar-refractivity contribution in [1.82, 2.24) is 4.90 Å². The molecule has 6 nitrogen and oxygen atoms in total. The van der Waals surface area contributed by atoms with Crippen molar-refractivity contribution < 1.29 is 28.9 Å². The maximum atomic E-state index is 13.4. The van der Waals surface area contributed by atoms with Crippen molar-refractivity contribution in [3.63, 3.8) is 0 Å². The van der Waals surface area contributed by atoms with Crippen LogP contribution in [0.25, 0.3) is 5.76 Å². The van der Waals surface area contributed by atoms with Gasteiger partial charge >= 0.3 is 0 Å². The minimum absolute atomic E-state index is 0.0295. The van der Waals surface area contributed by atoms with Crippen molar-refractivity contribution in [2.24, 2.45) is 0 Å². The van der Waals surface area contributed by atoms with Gasteiger partial charge in [-0.2, -0.15) is 0 Å². The molecule has 7 heteroatoms. The van der Waals surface area contributed by atoms with E-state index in [1.54, 1.807) is 36.4 Å². The molecule has 1 aliphatic rings. The minimum atomic E-state index is -0.887. The van der Waals surface area contributed by atoms with E-state index in [0.29, 0.717) is 29.0 Å². The Labute approximate surface area is 196 Å². The molecule has 4 rings (SSSR count). The van der Waals surface area contributed by atoms with Crippen LogP contribution in [0.15, 0.2) is 78.4 Å². The van der Waals surface area contributed by atoms with Gasteiger partial charge in [0.15, 0.2) is 0 Å². The number of ether oxygens (including phenoxy) is 1. The average molecular weight is 461 g/mol. The maximum absolute atomic E-state index is 13.4. The van der Waals surface area contributed by atoms with Crippen molar-refractivity contribution in [2.75, 3.05) is 6.61 Å². The summed E-state index contributed by atoms with van der Waals surface area (Å²) in [5.74, 6) is -1.64. The van der Waals surface area contributed by atoms with Crippen LogP contribution >= 0.6 is 0 Å². The lowest BCUT2D eigenvalue weighted by molar-refractivity contribution is -0.140. The van der Waals surface area contributed by atoms with Gasteiger partial charge in [0.1, 0.15) is 23.1 Å². The molecular weight excluding hydrogens is 437 g/mol. The molecule has 0 bridgehead atoms.